The van der Waals surface area contributed by atoms with Gasteiger partial charge in [-0.3, -0.25) is 9.78 Å². The third kappa shape index (κ3) is 4.46. The maximum absolute atomic E-state index is 12.0. The number of benzene rings is 1. The number of anilines is 1. The van der Waals surface area contributed by atoms with E-state index in [2.05, 4.69) is 10.3 Å². The van der Waals surface area contributed by atoms with Crippen LogP contribution in [0.4, 0.5) is 5.69 Å². The van der Waals surface area contributed by atoms with Gasteiger partial charge in [0.2, 0.25) is 5.91 Å². The van der Waals surface area contributed by atoms with E-state index in [0.717, 1.165) is 67.2 Å². The van der Waals surface area contributed by atoms with E-state index in [-0.39, 0.29) is 17.9 Å². The van der Waals surface area contributed by atoms with Crippen molar-refractivity contribution in [2.75, 3.05) is 18.5 Å². The molecule has 3 N–H and O–H groups in total. The molecule has 1 saturated heterocycles. The Morgan fingerprint density at radius 1 is 1.19 bits per heavy atom. The number of hydrogen-bond acceptors (Lipinski definition) is 5. The summed E-state index contributed by atoms with van der Waals surface area (Å²) in [7, 11) is 0. The fourth-order valence-electron chi connectivity index (χ4n) is 3.24. The van der Waals surface area contributed by atoms with E-state index >= 15 is 0 Å². The van der Waals surface area contributed by atoms with Gasteiger partial charge in [-0.1, -0.05) is 0 Å². The molecule has 142 valence electrons. The number of ether oxygens (including phenoxy) is 2. The van der Waals surface area contributed by atoms with Gasteiger partial charge in [0.05, 0.1) is 18.9 Å². The molecule has 0 radical (unpaired) electrons. The number of pyridine rings is 1. The molecule has 2 aliphatic rings. The number of carbonyl (C=O) groups is 1. The third-order valence-corrected chi connectivity index (χ3v) is 5.01. The number of hydrogen-bond donors (Lipinski definition) is 2. The van der Waals surface area contributed by atoms with Crippen LogP contribution in [0.15, 0.2) is 36.5 Å². The Morgan fingerprint density at radius 2 is 2.00 bits per heavy atom. The molecule has 0 bridgehead atoms. The second kappa shape index (κ2) is 8.06. The first kappa shape index (κ1) is 17.9. The van der Waals surface area contributed by atoms with Gasteiger partial charge >= 0.3 is 0 Å². The van der Waals surface area contributed by atoms with Gasteiger partial charge in [-0.05, 0) is 43.2 Å². The number of aromatic nitrogens is 1. The van der Waals surface area contributed by atoms with Crippen LogP contribution in [-0.4, -0.2) is 30.2 Å². The molecule has 0 atom stereocenters. The van der Waals surface area contributed by atoms with Gasteiger partial charge in [-0.25, -0.2) is 0 Å². The Morgan fingerprint density at radius 3 is 2.74 bits per heavy atom. The molecule has 1 saturated carbocycles. The summed E-state index contributed by atoms with van der Waals surface area (Å²) in [6, 6.07) is 9.68. The zero-order valence-electron chi connectivity index (χ0n) is 15.3. The van der Waals surface area contributed by atoms with Crippen molar-refractivity contribution in [3.63, 3.8) is 0 Å². The van der Waals surface area contributed by atoms with E-state index in [0.29, 0.717) is 6.54 Å². The van der Waals surface area contributed by atoms with Crippen LogP contribution in [0.3, 0.4) is 0 Å². The van der Waals surface area contributed by atoms with E-state index in [4.69, 9.17) is 15.2 Å². The first-order valence-electron chi connectivity index (χ1n) is 9.57. The topological polar surface area (TPSA) is 86.5 Å². The van der Waals surface area contributed by atoms with Crippen LogP contribution in [0.25, 0.3) is 11.3 Å². The van der Waals surface area contributed by atoms with Crippen LogP contribution in [0.5, 0.6) is 5.75 Å². The maximum Gasteiger partial charge on any atom is 0.227 e. The summed E-state index contributed by atoms with van der Waals surface area (Å²) in [5.74, 6) is 1.09. The summed E-state index contributed by atoms with van der Waals surface area (Å²) < 4.78 is 11.5. The first-order valence-corrected chi connectivity index (χ1v) is 9.57. The minimum absolute atomic E-state index is 0.0926. The van der Waals surface area contributed by atoms with Crippen molar-refractivity contribution in [1.82, 2.24) is 4.98 Å². The van der Waals surface area contributed by atoms with Gasteiger partial charge < -0.3 is 20.5 Å². The monoisotopic (exact) mass is 367 g/mol. The lowest BCUT2D eigenvalue weighted by Gasteiger charge is -2.24. The molecule has 2 fully saturated rings. The second-order valence-electron chi connectivity index (χ2n) is 7.15. The van der Waals surface area contributed by atoms with Crippen molar-refractivity contribution < 1.29 is 14.3 Å². The number of rotatable bonds is 6. The molecule has 1 aromatic heterocycles. The molecule has 27 heavy (non-hydrogen) atoms. The molecule has 0 spiro atoms. The lowest BCUT2D eigenvalue weighted by atomic mass is 10.1. The minimum Gasteiger partial charge on any atom is -0.490 e. The molecule has 6 nitrogen and oxygen atoms in total. The molecule has 2 aromatic rings. The molecule has 2 heterocycles. The van der Waals surface area contributed by atoms with E-state index in [1.54, 1.807) is 6.20 Å². The van der Waals surface area contributed by atoms with Crippen molar-refractivity contribution in [3.05, 3.63) is 42.1 Å². The van der Waals surface area contributed by atoms with E-state index < -0.39 is 0 Å². The van der Waals surface area contributed by atoms with Crippen molar-refractivity contribution in [3.8, 4) is 17.0 Å². The van der Waals surface area contributed by atoms with Crippen LogP contribution < -0.4 is 15.8 Å². The highest BCUT2D eigenvalue weighted by Crippen LogP contribution is 2.31. The number of nitrogens with one attached hydrogen (secondary N) is 1. The van der Waals surface area contributed by atoms with Gasteiger partial charge in [0.1, 0.15) is 11.9 Å². The molecular formula is C21H25N3O3. The van der Waals surface area contributed by atoms with Crippen LogP contribution >= 0.6 is 0 Å². The summed E-state index contributed by atoms with van der Waals surface area (Å²) in [4.78, 5) is 16.4. The Balaban J connectivity index is 1.52. The molecule has 4 rings (SSSR count). The normalized spacial score (nSPS) is 17.5. The van der Waals surface area contributed by atoms with Crippen LogP contribution in [-0.2, 0) is 16.1 Å². The van der Waals surface area contributed by atoms with Gasteiger partial charge in [-0.2, -0.15) is 0 Å². The van der Waals surface area contributed by atoms with E-state index in [9.17, 15) is 4.79 Å². The van der Waals surface area contributed by atoms with Gasteiger partial charge in [-0.15, -0.1) is 0 Å². The zero-order valence-corrected chi connectivity index (χ0v) is 15.3. The summed E-state index contributed by atoms with van der Waals surface area (Å²) in [5, 5.41) is 2.97. The molecule has 1 amide bonds. The number of amides is 1. The predicted octanol–water partition coefficient (Wildman–Crippen LogP) is 3.11. The molecule has 1 aliphatic heterocycles. The first-order chi connectivity index (χ1) is 13.2. The van der Waals surface area contributed by atoms with Crippen LogP contribution in [0.2, 0.25) is 0 Å². The number of nitrogens with zero attached hydrogens (tertiary/aromatic N) is 1. The zero-order chi connectivity index (χ0) is 18.6. The van der Waals surface area contributed by atoms with E-state index in [1.165, 1.54) is 0 Å². The Labute approximate surface area is 159 Å². The standard InChI is InChI=1S/C21H25N3O3/c22-13-16-11-15(3-4-20(16)27-18-6-9-26-10-7-18)19-12-17(5-8-23-19)24-21(25)14-1-2-14/h3-5,8,11-12,14,18H,1-2,6-7,9-10,13,22H2,(H,23,24,25). The Kier molecular flexibility index (Phi) is 5.36. The summed E-state index contributed by atoms with van der Waals surface area (Å²) in [6.07, 6.45) is 5.66. The van der Waals surface area contributed by atoms with Crippen molar-refractivity contribution in [2.24, 2.45) is 11.7 Å². The third-order valence-electron chi connectivity index (χ3n) is 5.01. The fraction of sp³-hybridized carbons (Fsp3) is 0.429. The van der Waals surface area contributed by atoms with Crippen molar-refractivity contribution in [2.45, 2.75) is 38.3 Å². The molecule has 1 aliphatic carbocycles. The van der Waals surface area contributed by atoms with Gasteiger partial charge in [0.25, 0.3) is 0 Å². The highest BCUT2D eigenvalue weighted by molar-refractivity contribution is 5.94. The molecule has 6 heteroatoms. The Hall–Kier alpha value is -2.44. The Bertz CT molecular complexity index is 814. The lowest BCUT2D eigenvalue weighted by Crippen LogP contribution is -2.26. The summed E-state index contributed by atoms with van der Waals surface area (Å²) >= 11 is 0. The van der Waals surface area contributed by atoms with E-state index in [1.807, 2.05) is 30.3 Å². The fourth-order valence-corrected chi connectivity index (χ4v) is 3.24. The average Bonchev–Trinajstić information content (AvgIpc) is 3.55. The molecule has 0 unspecified atom stereocenters. The quantitative estimate of drug-likeness (QED) is 0.819. The van der Waals surface area contributed by atoms with Crippen LogP contribution in [0.1, 0.15) is 31.2 Å². The van der Waals surface area contributed by atoms with Crippen molar-refractivity contribution in [1.29, 1.82) is 0 Å². The summed E-state index contributed by atoms with van der Waals surface area (Å²) in [5.41, 5.74) is 9.44. The highest BCUT2D eigenvalue weighted by Gasteiger charge is 2.29. The maximum atomic E-state index is 12.0. The SMILES string of the molecule is NCc1cc(-c2cc(NC(=O)C3CC3)ccn2)ccc1OC1CCOCC1. The van der Waals surface area contributed by atoms with Crippen molar-refractivity contribution >= 4 is 11.6 Å². The van der Waals surface area contributed by atoms with Gasteiger partial charge in [0, 0.05) is 48.3 Å². The van der Waals surface area contributed by atoms with Gasteiger partial charge in [0.15, 0.2) is 0 Å². The number of nitrogens with two attached hydrogens (primary N) is 1. The molecular weight excluding hydrogens is 342 g/mol. The lowest BCUT2D eigenvalue weighted by molar-refractivity contribution is -0.117. The smallest absolute Gasteiger partial charge is 0.227 e. The predicted molar refractivity (Wildman–Crippen MR) is 103 cm³/mol. The number of carbonyl (C=O) groups excluding carboxylic acids is 1. The second-order valence-corrected chi connectivity index (χ2v) is 7.15. The minimum atomic E-state index is 0.0926. The largest absolute Gasteiger partial charge is 0.490 e. The molecule has 1 aromatic carbocycles. The highest BCUT2D eigenvalue weighted by atomic mass is 16.5. The average molecular weight is 367 g/mol. The van der Waals surface area contributed by atoms with Crippen LogP contribution in [0, 0.1) is 5.92 Å². The summed E-state index contributed by atoms with van der Waals surface area (Å²) in [6.45, 7) is 1.87.